The molecule has 0 bridgehead atoms. The zero-order valence-corrected chi connectivity index (χ0v) is 12.3. The second-order valence-electron chi connectivity index (χ2n) is 4.90. The van der Waals surface area contributed by atoms with Crippen LogP contribution in [0, 0.1) is 0 Å². The predicted octanol–water partition coefficient (Wildman–Crippen LogP) is 4.71. The fourth-order valence-corrected chi connectivity index (χ4v) is 1.99. The summed E-state index contributed by atoms with van der Waals surface area (Å²) in [5.41, 5.74) is 2.28. The molecular formula is C19H20O2. The van der Waals surface area contributed by atoms with E-state index < -0.39 is 0 Å². The highest BCUT2D eigenvalue weighted by Crippen LogP contribution is 2.17. The Morgan fingerprint density at radius 1 is 0.952 bits per heavy atom. The molecule has 2 rings (SSSR count). The molecule has 2 aromatic rings. The first-order valence-corrected chi connectivity index (χ1v) is 7.24. The Kier molecular flexibility index (Phi) is 5.33. The van der Waals surface area contributed by atoms with Crippen LogP contribution in [0.3, 0.4) is 0 Å². The summed E-state index contributed by atoms with van der Waals surface area (Å²) in [6.07, 6.45) is 2.11. The Hall–Kier alpha value is -2.35. The molecule has 0 aliphatic rings. The maximum Gasteiger partial charge on any atom is 0.193 e. The summed E-state index contributed by atoms with van der Waals surface area (Å²) in [7, 11) is 0. The summed E-state index contributed by atoms with van der Waals surface area (Å²) >= 11 is 0. The van der Waals surface area contributed by atoms with Gasteiger partial charge in [-0.15, -0.1) is 0 Å². The van der Waals surface area contributed by atoms with E-state index in [9.17, 15) is 4.79 Å². The van der Waals surface area contributed by atoms with Crippen molar-refractivity contribution < 1.29 is 9.53 Å². The molecule has 0 amide bonds. The van der Waals surface area contributed by atoms with E-state index in [0.717, 1.165) is 18.4 Å². The van der Waals surface area contributed by atoms with Gasteiger partial charge in [0, 0.05) is 16.7 Å². The molecule has 0 spiro atoms. The largest absolute Gasteiger partial charge is 0.494 e. The van der Waals surface area contributed by atoms with Gasteiger partial charge >= 0.3 is 0 Å². The Balaban J connectivity index is 2.05. The van der Waals surface area contributed by atoms with Gasteiger partial charge in [0.15, 0.2) is 5.78 Å². The average Bonchev–Trinajstić information content (AvgIpc) is 2.55. The first-order chi connectivity index (χ1) is 10.2. The monoisotopic (exact) mass is 280 g/mol. The van der Waals surface area contributed by atoms with Crippen LogP contribution >= 0.6 is 0 Å². The third-order valence-electron chi connectivity index (χ3n) is 3.28. The second kappa shape index (κ2) is 7.44. The van der Waals surface area contributed by atoms with Gasteiger partial charge in [0.1, 0.15) is 5.76 Å². The second-order valence-corrected chi connectivity index (χ2v) is 4.90. The summed E-state index contributed by atoms with van der Waals surface area (Å²) < 4.78 is 5.57. The van der Waals surface area contributed by atoms with Gasteiger partial charge in [-0.2, -0.15) is 0 Å². The lowest BCUT2D eigenvalue weighted by Gasteiger charge is -2.09. The fraction of sp³-hybridized carbons (Fsp3) is 0.211. The Morgan fingerprint density at radius 2 is 1.52 bits per heavy atom. The molecule has 0 N–H and O–H groups in total. The standard InChI is InChI=1S/C19H20O2/c1-3-4-14-21-15(2)16-10-12-18(13-11-16)19(20)17-8-6-5-7-9-17/h5-13H,2-4,14H2,1H3. The highest BCUT2D eigenvalue weighted by molar-refractivity contribution is 6.09. The van der Waals surface area contributed by atoms with E-state index in [1.807, 2.05) is 54.6 Å². The lowest BCUT2D eigenvalue weighted by molar-refractivity contribution is 0.103. The van der Waals surface area contributed by atoms with Gasteiger partial charge in [-0.05, 0) is 6.42 Å². The molecule has 0 unspecified atom stereocenters. The Bertz CT molecular complexity index is 597. The van der Waals surface area contributed by atoms with Gasteiger partial charge in [0.2, 0.25) is 0 Å². The average molecular weight is 280 g/mol. The van der Waals surface area contributed by atoms with Crippen molar-refractivity contribution in [2.75, 3.05) is 6.61 Å². The number of ketones is 1. The fourth-order valence-electron chi connectivity index (χ4n) is 1.99. The quantitative estimate of drug-likeness (QED) is 0.417. The number of ether oxygens (including phenoxy) is 1. The van der Waals surface area contributed by atoms with Gasteiger partial charge in [-0.1, -0.05) is 74.5 Å². The zero-order chi connectivity index (χ0) is 15.1. The van der Waals surface area contributed by atoms with Crippen LogP contribution in [0.25, 0.3) is 5.76 Å². The molecule has 2 heteroatoms. The first-order valence-electron chi connectivity index (χ1n) is 7.24. The van der Waals surface area contributed by atoms with Crippen LogP contribution in [0.1, 0.15) is 41.3 Å². The van der Waals surface area contributed by atoms with Crippen LogP contribution in [-0.4, -0.2) is 12.4 Å². The summed E-state index contributed by atoms with van der Waals surface area (Å²) in [5, 5.41) is 0. The predicted molar refractivity (Wildman–Crippen MR) is 86.2 cm³/mol. The first kappa shape index (κ1) is 15.0. The molecule has 0 aliphatic heterocycles. The van der Waals surface area contributed by atoms with E-state index in [0.29, 0.717) is 23.5 Å². The molecule has 2 nitrogen and oxygen atoms in total. The Morgan fingerprint density at radius 3 is 2.14 bits per heavy atom. The number of hydrogen-bond donors (Lipinski definition) is 0. The van der Waals surface area contributed by atoms with Crippen LogP contribution in [-0.2, 0) is 4.74 Å². The van der Waals surface area contributed by atoms with E-state index in [1.54, 1.807) is 0 Å². The van der Waals surface area contributed by atoms with E-state index in [2.05, 4.69) is 13.5 Å². The van der Waals surface area contributed by atoms with Gasteiger partial charge < -0.3 is 4.74 Å². The van der Waals surface area contributed by atoms with Crippen LogP contribution in [0.4, 0.5) is 0 Å². The number of carbonyl (C=O) groups is 1. The van der Waals surface area contributed by atoms with Crippen molar-refractivity contribution in [3.63, 3.8) is 0 Å². The highest BCUT2D eigenvalue weighted by Gasteiger charge is 2.09. The van der Waals surface area contributed by atoms with Crippen molar-refractivity contribution in [2.24, 2.45) is 0 Å². The van der Waals surface area contributed by atoms with Crippen molar-refractivity contribution in [1.29, 1.82) is 0 Å². The third kappa shape index (κ3) is 4.06. The summed E-state index contributed by atoms with van der Waals surface area (Å²) in [6, 6.07) is 16.7. The molecule has 0 heterocycles. The maximum atomic E-state index is 12.3. The van der Waals surface area contributed by atoms with Crippen LogP contribution in [0.5, 0.6) is 0 Å². The molecule has 0 saturated carbocycles. The topological polar surface area (TPSA) is 26.3 Å². The smallest absolute Gasteiger partial charge is 0.193 e. The maximum absolute atomic E-state index is 12.3. The zero-order valence-electron chi connectivity index (χ0n) is 12.3. The van der Waals surface area contributed by atoms with Crippen molar-refractivity contribution in [3.05, 3.63) is 77.9 Å². The molecule has 0 fully saturated rings. The summed E-state index contributed by atoms with van der Waals surface area (Å²) in [6.45, 7) is 6.72. The van der Waals surface area contributed by atoms with Crippen molar-refractivity contribution >= 4 is 11.5 Å². The van der Waals surface area contributed by atoms with E-state index >= 15 is 0 Å². The van der Waals surface area contributed by atoms with Gasteiger partial charge in [0.05, 0.1) is 6.61 Å². The van der Waals surface area contributed by atoms with Gasteiger partial charge in [-0.3, -0.25) is 4.79 Å². The lowest BCUT2D eigenvalue weighted by Crippen LogP contribution is -2.01. The molecule has 2 aromatic carbocycles. The minimum Gasteiger partial charge on any atom is -0.494 e. The lowest BCUT2D eigenvalue weighted by atomic mass is 10.0. The van der Waals surface area contributed by atoms with E-state index in [1.165, 1.54) is 0 Å². The number of benzene rings is 2. The molecule has 0 atom stereocenters. The summed E-state index contributed by atoms with van der Waals surface area (Å²) in [5.74, 6) is 0.682. The number of unbranched alkanes of at least 4 members (excludes halogenated alkanes) is 1. The molecule has 0 aliphatic carbocycles. The van der Waals surface area contributed by atoms with Crippen molar-refractivity contribution in [2.45, 2.75) is 19.8 Å². The van der Waals surface area contributed by atoms with Crippen LogP contribution in [0.2, 0.25) is 0 Å². The van der Waals surface area contributed by atoms with Crippen LogP contribution in [0.15, 0.2) is 61.2 Å². The van der Waals surface area contributed by atoms with Gasteiger partial charge in [0.25, 0.3) is 0 Å². The molecule has 0 saturated heterocycles. The molecular weight excluding hydrogens is 260 g/mol. The number of carbonyl (C=O) groups excluding carboxylic acids is 1. The summed E-state index contributed by atoms with van der Waals surface area (Å²) in [4.78, 5) is 12.3. The van der Waals surface area contributed by atoms with Crippen LogP contribution < -0.4 is 0 Å². The molecule has 108 valence electrons. The minimum absolute atomic E-state index is 0.0275. The highest BCUT2D eigenvalue weighted by atomic mass is 16.5. The number of hydrogen-bond acceptors (Lipinski definition) is 2. The number of rotatable bonds is 7. The Labute approximate surface area is 126 Å². The molecule has 0 aromatic heterocycles. The minimum atomic E-state index is 0.0275. The molecule has 0 radical (unpaired) electrons. The van der Waals surface area contributed by atoms with Gasteiger partial charge in [-0.25, -0.2) is 0 Å². The molecule has 21 heavy (non-hydrogen) atoms. The van der Waals surface area contributed by atoms with Crippen molar-refractivity contribution in [3.8, 4) is 0 Å². The SMILES string of the molecule is C=C(OCCCC)c1ccc(C(=O)c2ccccc2)cc1. The normalized spacial score (nSPS) is 10.1. The van der Waals surface area contributed by atoms with E-state index in [-0.39, 0.29) is 5.78 Å². The third-order valence-corrected chi connectivity index (χ3v) is 3.28. The van der Waals surface area contributed by atoms with E-state index in [4.69, 9.17) is 4.74 Å². The van der Waals surface area contributed by atoms with Crippen molar-refractivity contribution in [1.82, 2.24) is 0 Å².